The van der Waals surface area contributed by atoms with Crippen molar-refractivity contribution in [2.45, 2.75) is 13.5 Å². The lowest BCUT2D eigenvalue weighted by Gasteiger charge is -2.19. The van der Waals surface area contributed by atoms with Crippen LogP contribution in [0.15, 0.2) is 43.0 Å². The lowest BCUT2D eigenvalue weighted by Crippen LogP contribution is -2.30. The van der Waals surface area contributed by atoms with Crippen molar-refractivity contribution in [3.05, 3.63) is 48.6 Å². The van der Waals surface area contributed by atoms with Crippen LogP contribution in [0.3, 0.4) is 0 Å². The van der Waals surface area contributed by atoms with Gasteiger partial charge in [0.2, 0.25) is 0 Å². The first-order valence-corrected chi connectivity index (χ1v) is 5.07. The Morgan fingerprint density at radius 1 is 1.50 bits per heavy atom. The topological polar surface area (TPSA) is 46.5 Å². The molecule has 0 spiro atoms. The van der Waals surface area contributed by atoms with Gasteiger partial charge in [0, 0.05) is 0 Å². The van der Waals surface area contributed by atoms with Crippen LogP contribution in [0.25, 0.3) is 0 Å². The third kappa shape index (κ3) is 3.21. The van der Waals surface area contributed by atoms with Gasteiger partial charge in [0.05, 0.1) is 13.2 Å². The van der Waals surface area contributed by atoms with Gasteiger partial charge in [-0.05, 0) is 12.5 Å². The zero-order chi connectivity index (χ0) is 12.0. The zero-order valence-electron chi connectivity index (χ0n) is 9.35. The number of carboxylic acid groups (broad SMARTS) is 1. The van der Waals surface area contributed by atoms with Crippen LogP contribution in [0.5, 0.6) is 0 Å². The second kappa shape index (κ2) is 5.47. The molecule has 0 aliphatic heterocycles. The van der Waals surface area contributed by atoms with Gasteiger partial charge in [0.25, 0.3) is 0 Å². The van der Waals surface area contributed by atoms with E-state index in [0.717, 1.165) is 5.56 Å². The normalized spacial score (nSPS) is 14.1. The highest BCUT2D eigenvalue weighted by Gasteiger charge is 2.29. The fourth-order valence-electron chi connectivity index (χ4n) is 1.16. The van der Waals surface area contributed by atoms with Crippen LogP contribution >= 0.6 is 0 Å². The van der Waals surface area contributed by atoms with Crippen LogP contribution in [0.2, 0.25) is 0 Å². The molecule has 1 atom stereocenters. The van der Waals surface area contributed by atoms with E-state index in [1.807, 2.05) is 30.3 Å². The third-order valence-corrected chi connectivity index (χ3v) is 2.45. The molecule has 0 saturated heterocycles. The predicted molar refractivity (Wildman–Crippen MR) is 62.0 cm³/mol. The van der Waals surface area contributed by atoms with Gasteiger partial charge in [-0.25, -0.2) is 0 Å². The highest BCUT2D eigenvalue weighted by molar-refractivity contribution is 5.76. The van der Waals surface area contributed by atoms with Crippen LogP contribution < -0.4 is 0 Å². The van der Waals surface area contributed by atoms with Crippen LogP contribution in [-0.2, 0) is 16.1 Å². The van der Waals surface area contributed by atoms with Crippen LogP contribution in [-0.4, -0.2) is 17.7 Å². The summed E-state index contributed by atoms with van der Waals surface area (Å²) in [5, 5.41) is 8.98. The first-order chi connectivity index (χ1) is 7.58. The molecule has 0 aromatic heterocycles. The average molecular weight is 220 g/mol. The Bertz CT molecular complexity index is 359. The Morgan fingerprint density at radius 2 is 2.12 bits per heavy atom. The molecule has 1 N–H and O–H groups in total. The number of aliphatic carboxylic acids is 1. The number of carbonyl (C=O) groups is 1. The molecular formula is C13H16O3. The van der Waals surface area contributed by atoms with E-state index in [4.69, 9.17) is 9.84 Å². The second-order valence-electron chi connectivity index (χ2n) is 3.91. The highest BCUT2D eigenvalue weighted by atomic mass is 16.5. The van der Waals surface area contributed by atoms with Crippen molar-refractivity contribution >= 4 is 5.97 Å². The van der Waals surface area contributed by atoms with Gasteiger partial charge in [-0.1, -0.05) is 36.4 Å². The first-order valence-electron chi connectivity index (χ1n) is 5.07. The van der Waals surface area contributed by atoms with Gasteiger partial charge in [0.1, 0.15) is 5.41 Å². The lowest BCUT2D eigenvalue weighted by molar-refractivity contribution is -0.148. The predicted octanol–water partition coefficient (Wildman–Crippen LogP) is 2.48. The summed E-state index contributed by atoms with van der Waals surface area (Å²) in [5.74, 6) is -0.921. The summed E-state index contributed by atoms with van der Waals surface area (Å²) in [4.78, 5) is 10.9. The summed E-state index contributed by atoms with van der Waals surface area (Å²) < 4.78 is 5.38. The number of hydrogen-bond donors (Lipinski definition) is 1. The van der Waals surface area contributed by atoms with Crippen molar-refractivity contribution in [3.8, 4) is 0 Å². The van der Waals surface area contributed by atoms with E-state index in [2.05, 4.69) is 6.58 Å². The lowest BCUT2D eigenvalue weighted by atomic mass is 9.92. The number of hydrogen-bond acceptors (Lipinski definition) is 2. The Morgan fingerprint density at radius 3 is 2.62 bits per heavy atom. The van der Waals surface area contributed by atoms with Crippen molar-refractivity contribution in [3.63, 3.8) is 0 Å². The van der Waals surface area contributed by atoms with Gasteiger partial charge in [-0.15, -0.1) is 6.58 Å². The standard InChI is InChI=1S/C13H16O3/c1-3-13(2,12(14)15)10-16-9-11-7-5-4-6-8-11/h3-8H,1,9-10H2,2H3,(H,14,15). The number of rotatable bonds is 6. The maximum Gasteiger partial charge on any atom is 0.315 e. The fourth-order valence-corrected chi connectivity index (χ4v) is 1.16. The van der Waals surface area contributed by atoms with Gasteiger partial charge < -0.3 is 9.84 Å². The van der Waals surface area contributed by atoms with Crippen LogP contribution in [0.1, 0.15) is 12.5 Å². The molecule has 0 fully saturated rings. The first kappa shape index (κ1) is 12.5. The molecule has 0 bridgehead atoms. The molecule has 3 heteroatoms. The molecule has 0 saturated carbocycles. The van der Waals surface area contributed by atoms with Crippen molar-refractivity contribution in [2.24, 2.45) is 5.41 Å². The summed E-state index contributed by atoms with van der Waals surface area (Å²) >= 11 is 0. The molecule has 0 amide bonds. The van der Waals surface area contributed by atoms with Gasteiger partial charge >= 0.3 is 5.97 Å². The average Bonchev–Trinajstić information content (AvgIpc) is 2.30. The SMILES string of the molecule is C=CC(C)(COCc1ccccc1)C(=O)O. The Hall–Kier alpha value is -1.61. The van der Waals surface area contributed by atoms with Crippen molar-refractivity contribution < 1.29 is 14.6 Å². The molecule has 1 unspecified atom stereocenters. The molecule has 16 heavy (non-hydrogen) atoms. The molecule has 0 heterocycles. The molecule has 1 aromatic rings. The maximum absolute atomic E-state index is 10.9. The van der Waals surface area contributed by atoms with Gasteiger partial charge in [-0.2, -0.15) is 0 Å². The Labute approximate surface area is 95.4 Å². The molecular weight excluding hydrogens is 204 g/mol. The van der Waals surface area contributed by atoms with E-state index in [9.17, 15) is 4.79 Å². The van der Waals surface area contributed by atoms with E-state index in [-0.39, 0.29) is 6.61 Å². The number of ether oxygens (including phenoxy) is 1. The highest BCUT2D eigenvalue weighted by Crippen LogP contribution is 2.19. The Kier molecular flexibility index (Phi) is 4.26. The smallest absolute Gasteiger partial charge is 0.315 e. The third-order valence-electron chi connectivity index (χ3n) is 2.45. The molecule has 0 aliphatic rings. The monoisotopic (exact) mass is 220 g/mol. The maximum atomic E-state index is 10.9. The molecule has 3 nitrogen and oxygen atoms in total. The largest absolute Gasteiger partial charge is 0.481 e. The van der Waals surface area contributed by atoms with Crippen molar-refractivity contribution in [1.29, 1.82) is 0 Å². The number of benzene rings is 1. The molecule has 0 radical (unpaired) electrons. The van der Waals surface area contributed by atoms with E-state index in [0.29, 0.717) is 6.61 Å². The molecule has 0 aliphatic carbocycles. The molecule has 1 rings (SSSR count). The van der Waals surface area contributed by atoms with Crippen molar-refractivity contribution in [1.82, 2.24) is 0 Å². The summed E-state index contributed by atoms with van der Waals surface area (Å²) in [6.07, 6.45) is 1.40. The summed E-state index contributed by atoms with van der Waals surface area (Å²) in [6, 6.07) is 9.64. The fraction of sp³-hybridized carbons (Fsp3) is 0.308. The molecule has 1 aromatic carbocycles. The van der Waals surface area contributed by atoms with Crippen LogP contribution in [0.4, 0.5) is 0 Å². The van der Waals surface area contributed by atoms with E-state index in [1.54, 1.807) is 6.92 Å². The molecule has 86 valence electrons. The number of carboxylic acids is 1. The Balaban J connectivity index is 2.46. The zero-order valence-corrected chi connectivity index (χ0v) is 9.35. The van der Waals surface area contributed by atoms with Crippen molar-refractivity contribution in [2.75, 3.05) is 6.61 Å². The summed E-state index contributed by atoms with van der Waals surface area (Å²) in [6.45, 7) is 5.65. The minimum Gasteiger partial charge on any atom is -0.481 e. The summed E-state index contributed by atoms with van der Waals surface area (Å²) in [5.41, 5.74) is 0.00806. The quantitative estimate of drug-likeness (QED) is 0.749. The van der Waals surface area contributed by atoms with Crippen LogP contribution in [0, 0.1) is 5.41 Å². The minimum absolute atomic E-state index is 0.126. The van der Waals surface area contributed by atoms with E-state index in [1.165, 1.54) is 6.08 Å². The second-order valence-corrected chi connectivity index (χ2v) is 3.91. The summed E-state index contributed by atoms with van der Waals surface area (Å²) in [7, 11) is 0. The van der Waals surface area contributed by atoms with E-state index < -0.39 is 11.4 Å². The van der Waals surface area contributed by atoms with Gasteiger partial charge in [0.15, 0.2) is 0 Å². The van der Waals surface area contributed by atoms with E-state index >= 15 is 0 Å². The van der Waals surface area contributed by atoms with Gasteiger partial charge in [-0.3, -0.25) is 4.79 Å². The minimum atomic E-state index is -1.02.